The maximum absolute atomic E-state index is 11.4. The quantitative estimate of drug-likeness (QED) is 0.564. The average molecular weight is 236 g/mol. The first-order chi connectivity index (χ1) is 7.63. The summed E-state index contributed by atoms with van der Waals surface area (Å²) in [4.78, 5) is 15.4. The van der Waals surface area contributed by atoms with E-state index in [-0.39, 0.29) is 5.97 Å². The molecule has 1 aromatic heterocycles. The number of halogens is 1. The van der Waals surface area contributed by atoms with Gasteiger partial charge in [0.2, 0.25) is 0 Å². The molecule has 0 unspecified atom stereocenters. The number of benzene rings is 1. The van der Waals surface area contributed by atoms with Crippen LogP contribution in [-0.4, -0.2) is 18.1 Å². The lowest BCUT2D eigenvalue weighted by molar-refractivity contribution is 0.0601. The zero-order valence-electron chi connectivity index (χ0n) is 8.95. The van der Waals surface area contributed by atoms with E-state index < -0.39 is 0 Å². The van der Waals surface area contributed by atoms with Crippen molar-refractivity contribution in [1.29, 1.82) is 0 Å². The monoisotopic (exact) mass is 235 g/mol. The van der Waals surface area contributed by atoms with Gasteiger partial charge >= 0.3 is 5.97 Å². The normalized spacial score (nSPS) is 10.4. The van der Waals surface area contributed by atoms with Gasteiger partial charge < -0.3 is 4.74 Å². The van der Waals surface area contributed by atoms with Crippen LogP contribution in [0.1, 0.15) is 15.9 Å². The number of hydrogen-bond donors (Lipinski definition) is 0. The van der Waals surface area contributed by atoms with Gasteiger partial charge in [0.25, 0.3) is 0 Å². The van der Waals surface area contributed by atoms with Crippen molar-refractivity contribution in [2.24, 2.45) is 0 Å². The van der Waals surface area contributed by atoms with Gasteiger partial charge in [-0.1, -0.05) is 17.7 Å². The summed E-state index contributed by atoms with van der Waals surface area (Å²) in [5.41, 5.74) is 1.49. The maximum Gasteiger partial charge on any atom is 0.337 e. The van der Waals surface area contributed by atoms with Gasteiger partial charge in [-0.05, 0) is 30.0 Å². The molecule has 2 rings (SSSR count). The molecule has 0 fully saturated rings. The Bertz CT molecular complexity index is 566. The molecule has 0 aliphatic carbocycles. The molecule has 0 N–H and O–H groups in total. The molecule has 0 spiro atoms. The zero-order chi connectivity index (χ0) is 11.7. The number of aromatic nitrogens is 1. The largest absolute Gasteiger partial charge is 0.465 e. The van der Waals surface area contributed by atoms with Crippen molar-refractivity contribution in [2.75, 3.05) is 7.11 Å². The van der Waals surface area contributed by atoms with Crippen LogP contribution in [0.5, 0.6) is 0 Å². The smallest absolute Gasteiger partial charge is 0.337 e. The van der Waals surface area contributed by atoms with Gasteiger partial charge in [-0.25, -0.2) is 9.78 Å². The van der Waals surface area contributed by atoms with Crippen LogP contribution in [0.3, 0.4) is 0 Å². The number of aryl methyl sites for hydroxylation is 1. The molecule has 82 valence electrons. The molecule has 0 saturated carbocycles. The van der Waals surface area contributed by atoms with Crippen LogP contribution in [0.2, 0.25) is 5.15 Å². The third kappa shape index (κ3) is 1.74. The van der Waals surface area contributed by atoms with Gasteiger partial charge in [-0.3, -0.25) is 0 Å². The molecule has 16 heavy (non-hydrogen) atoms. The van der Waals surface area contributed by atoms with E-state index in [4.69, 9.17) is 11.6 Å². The van der Waals surface area contributed by atoms with Crippen molar-refractivity contribution in [3.63, 3.8) is 0 Å². The number of hydrogen-bond acceptors (Lipinski definition) is 3. The highest BCUT2D eigenvalue weighted by molar-refractivity contribution is 6.34. The van der Waals surface area contributed by atoms with Crippen molar-refractivity contribution in [2.45, 2.75) is 6.92 Å². The fraction of sp³-hybridized carbons (Fsp3) is 0.167. The van der Waals surface area contributed by atoms with E-state index in [1.54, 1.807) is 24.4 Å². The van der Waals surface area contributed by atoms with E-state index in [9.17, 15) is 4.79 Å². The molecule has 0 radical (unpaired) electrons. The summed E-state index contributed by atoms with van der Waals surface area (Å²) in [6.45, 7) is 1.92. The average Bonchev–Trinajstić information content (AvgIpc) is 2.32. The number of fused-ring (bicyclic) bond motifs is 1. The molecular weight excluding hydrogens is 226 g/mol. The fourth-order valence-corrected chi connectivity index (χ4v) is 1.80. The first-order valence-corrected chi connectivity index (χ1v) is 5.14. The second-order valence-corrected chi connectivity index (χ2v) is 3.84. The second kappa shape index (κ2) is 4.10. The Labute approximate surface area is 98.0 Å². The van der Waals surface area contributed by atoms with Crippen molar-refractivity contribution >= 4 is 28.3 Å². The Balaban J connectivity index is 2.70. The number of methoxy groups -OCH3 is 1. The van der Waals surface area contributed by atoms with Crippen molar-refractivity contribution < 1.29 is 9.53 Å². The highest BCUT2D eigenvalue weighted by Crippen LogP contribution is 2.25. The summed E-state index contributed by atoms with van der Waals surface area (Å²) in [6, 6.07) is 5.23. The minimum atomic E-state index is -0.353. The van der Waals surface area contributed by atoms with E-state index in [0.29, 0.717) is 10.7 Å². The predicted octanol–water partition coefficient (Wildman–Crippen LogP) is 2.98. The van der Waals surface area contributed by atoms with Crippen molar-refractivity contribution in [3.05, 3.63) is 40.7 Å². The summed E-state index contributed by atoms with van der Waals surface area (Å²) in [6.07, 6.45) is 1.69. The van der Waals surface area contributed by atoms with Gasteiger partial charge in [-0.2, -0.15) is 0 Å². The fourth-order valence-electron chi connectivity index (χ4n) is 1.59. The summed E-state index contributed by atoms with van der Waals surface area (Å²) in [5.74, 6) is -0.353. The number of ether oxygens (including phenoxy) is 1. The Hall–Kier alpha value is -1.61. The Morgan fingerprint density at radius 3 is 2.81 bits per heavy atom. The lowest BCUT2D eigenvalue weighted by Crippen LogP contribution is -2.01. The van der Waals surface area contributed by atoms with E-state index >= 15 is 0 Å². The van der Waals surface area contributed by atoms with E-state index in [0.717, 1.165) is 16.3 Å². The molecule has 1 heterocycles. The van der Waals surface area contributed by atoms with Crippen LogP contribution in [0, 0.1) is 6.92 Å². The van der Waals surface area contributed by atoms with Crippen LogP contribution in [0.4, 0.5) is 0 Å². The Morgan fingerprint density at radius 1 is 1.38 bits per heavy atom. The molecule has 0 amide bonds. The number of carbonyl (C=O) groups is 1. The summed E-state index contributed by atoms with van der Waals surface area (Å²) in [7, 11) is 1.36. The van der Waals surface area contributed by atoms with Gasteiger partial charge in [0.05, 0.1) is 12.7 Å². The number of esters is 1. The standard InChI is InChI=1S/C12H10ClNO2/c1-7-6-14-11(13)9-4-3-8(5-10(7)9)12(15)16-2/h3-6H,1-2H3. The Morgan fingerprint density at radius 2 is 2.12 bits per heavy atom. The molecule has 0 aliphatic rings. The highest BCUT2D eigenvalue weighted by atomic mass is 35.5. The van der Waals surface area contributed by atoms with Gasteiger partial charge in [0.1, 0.15) is 5.15 Å². The summed E-state index contributed by atoms with van der Waals surface area (Å²) < 4.78 is 4.67. The van der Waals surface area contributed by atoms with Gasteiger partial charge in [0, 0.05) is 11.6 Å². The van der Waals surface area contributed by atoms with Crippen LogP contribution >= 0.6 is 11.6 Å². The Kier molecular flexibility index (Phi) is 2.79. The van der Waals surface area contributed by atoms with Crippen LogP contribution in [0.25, 0.3) is 10.8 Å². The SMILES string of the molecule is COC(=O)c1ccc2c(Cl)ncc(C)c2c1. The van der Waals surface area contributed by atoms with Gasteiger partial charge in [-0.15, -0.1) is 0 Å². The summed E-state index contributed by atoms with van der Waals surface area (Å²) in [5, 5.41) is 2.20. The number of carbonyl (C=O) groups excluding carboxylic acids is 1. The maximum atomic E-state index is 11.4. The van der Waals surface area contributed by atoms with Crippen LogP contribution in [0.15, 0.2) is 24.4 Å². The molecule has 0 atom stereocenters. The van der Waals surface area contributed by atoms with Gasteiger partial charge in [0.15, 0.2) is 0 Å². The minimum Gasteiger partial charge on any atom is -0.465 e. The summed E-state index contributed by atoms with van der Waals surface area (Å²) >= 11 is 5.97. The van der Waals surface area contributed by atoms with Crippen LogP contribution < -0.4 is 0 Å². The van der Waals surface area contributed by atoms with Crippen molar-refractivity contribution in [3.8, 4) is 0 Å². The molecule has 2 aromatic rings. The number of nitrogens with zero attached hydrogens (tertiary/aromatic N) is 1. The molecule has 0 bridgehead atoms. The third-order valence-corrected chi connectivity index (χ3v) is 2.76. The molecule has 0 aliphatic heterocycles. The third-order valence-electron chi connectivity index (χ3n) is 2.46. The highest BCUT2D eigenvalue weighted by Gasteiger charge is 2.09. The topological polar surface area (TPSA) is 39.2 Å². The predicted molar refractivity (Wildman–Crippen MR) is 62.8 cm³/mol. The molecule has 1 aromatic carbocycles. The molecule has 0 saturated heterocycles. The number of rotatable bonds is 1. The number of pyridine rings is 1. The zero-order valence-corrected chi connectivity index (χ0v) is 9.71. The minimum absolute atomic E-state index is 0.353. The first kappa shape index (κ1) is 10.9. The lowest BCUT2D eigenvalue weighted by Gasteiger charge is -2.05. The van der Waals surface area contributed by atoms with Crippen LogP contribution in [-0.2, 0) is 4.74 Å². The van der Waals surface area contributed by atoms with Crippen molar-refractivity contribution in [1.82, 2.24) is 4.98 Å². The van der Waals surface area contributed by atoms with E-state index in [2.05, 4.69) is 9.72 Å². The molecular formula is C12H10ClNO2. The molecule has 4 heteroatoms. The van der Waals surface area contributed by atoms with E-state index in [1.807, 2.05) is 6.92 Å². The van der Waals surface area contributed by atoms with E-state index in [1.165, 1.54) is 7.11 Å². The lowest BCUT2D eigenvalue weighted by atomic mass is 10.1. The second-order valence-electron chi connectivity index (χ2n) is 3.48. The molecule has 3 nitrogen and oxygen atoms in total. The first-order valence-electron chi connectivity index (χ1n) is 4.76.